The summed E-state index contributed by atoms with van der Waals surface area (Å²) >= 11 is 0. The Morgan fingerprint density at radius 2 is 2.14 bits per heavy atom. The Labute approximate surface area is 121 Å². The number of carbonyl (C=O) groups excluding carboxylic acids is 2. The first-order valence-corrected chi connectivity index (χ1v) is 6.96. The van der Waals surface area contributed by atoms with E-state index in [1.807, 2.05) is 6.07 Å². The molecule has 2 heterocycles. The summed E-state index contributed by atoms with van der Waals surface area (Å²) in [5, 5.41) is 11.9. The van der Waals surface area contributed by atoms with Gasteiger partial charge in [0.15, 0.2) is 0 Å². The zero-order valence-electron chi connectivity index (χ0n) is 11.5. The molecule has 0 radical (unpaired) electrons. The normalized spacial score (nSPS) is 20.9. The topological polar surface area (TPSA) is 86.7 Å². The molecule has 1 saturated heterocycles. The molecule has 110 valence electrons. The molecule has 0 aromatic heterocycles. The van der Waals surface area contributed by atoms with E-state index in [-0.39, 0.29) is 24.2 Å². The van der Waals surface area contributed by atoms with Gasteiger partial charge in [0.2, 0.25) is 11.8 Å². The van der Waals surface area contributed by atoms with E-state index in [1.165, 1.54) is 0 Å². The number of hydrogen-bond acceptors (Lipinski definition) is 3. The molecule has 0 saturated carbocycles. The Balaban J connectivity index is 1.79. The molecule has 1 fully saturated rings. The van der Waals surface area contributed by atoms with Crippen molar-refractivity contribution in [1.29, 1.82) is 0 Å². The van der Waals surface area contributed by atoms with Gasteiger partial charge in [0.05, 0.1) is 11.5 Å². The van der Waals surface area contributed by atoms with Crippen LogP contribution in [0.4, 0.5) is 0 Å². The largest absolute Gasteiger partial charge is 0.478 e. The lowest BCUT2D eigenvalue weighted by Crippen LogP contribution is -2.40. The van der Waals surface area contributed by atoms with Crippen molar-refractivity contribution in [3.05, 3.63) is 34.9 Å². The number of carbonyl (C=O) groups is 3. The highest BCUT2D eigenvalue weighted by Gasteiger charge is 2.33. The minimum absolute atomic E-state index is 0.0280. The van der Waals surface area contributed by atoms with Gasteiger partial charge in [-0.3, -0.25) is 9.59 Å². The molecular formula is C15H16N2O4. The van der Waals surface area contributed by atoms with Gasteiger partial charge in [-0.05, 0) is 23.6 Å². The Kier molecular flexibility index (Phi) is 3.37. The molecule has 1 atom stereocenters. The van der Waals surface area contributed by atoms with Gasteiger partial charge in [0.1, 0.15) is 0 Å². The van der Waals surface area contributed by atoms with E-state index in [1.54, 1.807) is 17.0 Å². The van der Waals surface area contributed by atoms with Gasteiger partial charge in [-0.2, -0.15) is 0 Å². The van der Waals surface area contributed by atoms with Crippen LogP contribution in [0.2, 0.25) is 0 Å². The lowest BCUT2D eigenvalue weighted by atomic mass is 9.93. The zero-order valence-corrected chi connectivity index (χ0v) is 11.5. The molecule has 2 aliphatic heterocycles. The van der Waals surface area contributed by atoms with E-state index in [0.29, 0.717) is 31.6 Å². The van der Waals surface area contributed by atoms with E-state index in [4.69, 9.17) is 0 Å². The van der Waals surface area contributed by atoms with Crippen molar-refractivity contribution in [2.24, 2.45) is 5.92 Å². The average Bonchev–Trinajstić information content (AvgIpc) is 2.91. The second-order valence-electron chi connectivity index (χ2n) is 5.46. The number of rotatable bonds is 2. The van der Waals surface area contributed by atoms with Gasteiger partial charge in [-0.15, -0.1) is 0 Å². The molecule has 1 aromatic carbocycles. The SMILES string of the molecule is O=C1CC(C(=O)N2CCc3c(cccc3C(=O)O)C2)CN1. The van der Waals surface area contributed by atoms with Crippen LogP contribution in [0.25, 0.3) is 0 Å². The van der Waals surface area contributed by atoms with Crippen LogP contribution >= 0.6 is 0 Å². The number of carboxylic acid groups (broad SMARTS) is 1. The van der Waals surface area contributed by atoms with Crippen molar-refractivity contribution < 1.29 is 19.5 Å². The van der Waals surface area contributed by atoms with Crippen molar-refractivity contribution in [2.45, 2.75) is 19.4 Å². The van der Waals surface area contributed by atoms with Crippen LogP contribution < -0.4 is 5.32 Å². The molecule has 1 aromatic rings. The van der Waals surface area contributed by atoms with Crippen molar-refractivity contribution in [3.8, 4) is 0 Å². The number of nitrogens with one attached hydrogen (secondary N) is 1. The van der Waals surface area contributed by atoms with Crippen LogP contribution in [0, 0.1) is 5.92 Å². The zero-order chi connectivity index (χ0) is 15.0. The molecule has 1 unspecified atom stereocenters. The lowest BCUT2D eigenvalue weighted by Gasteiger charge is -2.31. The fourth-order valence-corrected chi connectivity index (χ4v) is 3.04. The van der Waals surface area contributed by atoms with Crippen molar-refractivity contribution in [1.82, 2.24) is 10.2 Å². The highest BCUT2D eigenvalue weighted by atomic mass is 16.4. The van der Waals surface area contributed by atoms with E-state index in [2.05, 4.69) is 5.32 Å². The fourth-order valence-electron chi connectivity index (χ4n) is 3.04. The number of benzene rings is 1. The smallest absolute Gasteiger partial charge is 0.335 e. The Hall–Kier alpha value is -2.37. The molecule has 0 bridgehead atoms. The summed E-state index contributed by atoms with van der Waals surface area (Å²) in [5.41, 5.74) is 2.01. The average molecular weight is 288 g/mol. The van der Waals surface area contributed by atoms with Gasteiger partial charge in [-0.1, -0.05) is 12.1 Å². The van der Waals surface area contributed by atoms with Crippen molar-refractivity contribution in [2.75, 3.05) is 13.1 Å². The minimum atomic E-state index is -0.933. The second-order valence-corrected chi connectivity index (χ2v) is 5.46. The van der Waals surface area contributed by atoms with Crippen molar-refractivity contribution >= 4 is 17.8 Å². The molecule has 6 nitrogen and oxygen atoms in total. The molecular weight excluding hydrogens is 272 g/mol. The maximum Gasteiger partial charge on any atom is 0.335 e. The molecule has 2 aliphatic rings. The second kappa shape index (κ2) is 5.20. The molecule has 3 rings (SSSR count). The summed E-state index contributed by atoms with van der Waals surface area (Å²) < 4.78 is 0. The maximum atomic E-state index is 12.4. The molecule has 0 spiro atoms. The molecule has 2 amide bonds. The van der Waals surface area contributed by atoms with Crippen LogP contribution in [-0.4, -0.2) is 40.9 Å². The molecule has 6 heteroatoms. The first kappa shape index (κ1) is 13.6. The number of hydrogen-bond donors (Lipinski definition) is 2. The number of carboxylic acids is 1. The third-order valence-corrected chi connectivity index (χ3v) is 4.13. The lowest BCUT2D eigenvalue weighted by molar-refractivity contribution is -0.136. The van der Waals surface area contributed by atoms with Crippen molar-refractivity contribution in [3.63, 3.8) is 0 Å². The van der Waals surface area contributed by atoms with Gasteiger partial charge in [-0.25, -0.2) is 4.79 Å². The first-order valence-electron chi connectivity index (χ1n) is 6.96. The number of aromatic carboxylic acids is 1. The standard InChI is InChI=1S/C15H16N2O4/c18-13-6-10(7-16-13)14(19)17-5-4-11-9(8-17)2-1-3-12(11)15(20)21/h1-3,10H,4-8H2,(H,16,18)(H,20,21). The van der Waals surface area contributed by atoms with Gasteiger partial charge < -0.3 is 15.3 Å². The quantitative estimate of drug-likeness (QED) is 0.825. The summed E-state index contributed by atoms with van der Waals surface area (Å²) in [6.07, 6.45) is 0.787. The van der Waals surface area contributed by atoms with Crippen LogP contribution in [0.3, 0.4) is 0 Å². The van der Waals surface area contributed by atoms with Crippen LogP contribution in [0.5, 0.6) is 0 Å². The van der Waals surface area contributed by atoms with E-state index in [0.717, 1.165) is 11.1 Å². The molecule has 21 heavy (non-hydrogen) atoms. The number of fused-ring (bicyclic) bond motifs is 1. The van der Waals surface area contributed by atoms with Crippen LogP contribution in [0.15, 0.2) is 18.2 Å². The predicted molar refractivity (Wildman–Crippen MR) is 73.6 cm³/mol. The highest BCUT2D eigenvalue weighted by Crippen LogP contribution is 2.25. The summed E-state index contributed by atoms with van der Waals surface area (Å²) in [7, 11) is 0. The van der Waals surface area contributed by atoms with Gasteiger partial charge in [0.25, 0.3) is 0 Å². The number of amides is 2. The fraction of sp³-hybridized carbons (Fsp3) is 0.400. The maximum absolute atomic E-state index is 12.4. The Morgan fingerprint density at radius 1 is 1.33 bits per heavy atom. The summed E-state index contributed by atoms with van der Waals surface area (Å²) in [6.45, 7) is 1.32. The first-order chi connectivity index (χ1) is 10.1. The summed E-state index contributed by atoms with van der Waals surface area (Å²) in [4.78, 5) is 36.5. The molecule has 2 N–H and O–H groups in total. The molecule has 0 aliphatic carbocycles. The van der Waals surface area contributed by atoms with Gasteiger partial charge >= 0.3 is 5.97 Å². The monoisotopic (exact) mass is 288 g/mol. The summed E-state index contributed by atoms with van der Waals surface area (Å²) in [6, 6.07) is 5.16. The van der Waals surface area contributed by atoms with E-state index < -0.39 is 5.97 Å². The highest BCUT2D eigenvalue weighted by molar-refractivity contribution is 5.91. The van der Waals surface area contributed by atoms with Gasteiger partial charge in [0, 0.05) is 26.1 Å². The van der Waals surface area contributed by atoms with Crippen LogP contribution in [-0.2, 0) is 22.6 Å². The Bertz CT molecular complexity index is 626. The Morgan fingerprint density at radius 3 is 2.81 bits per heavy atom. The minimum Gasteiger partial charge on any atom is -0.478 e. The predicted octanol–water partition coefficient (Wildman–Crippen LogP) is 0.406. The number of nitrogens with zero attached hydrogens (tertiary/aromatic N) is 1. The third-order valence-electron chi connectivity index (χ3n) is 4.13. The van der Waals surface area contributed by atoms with E-state index in [9.17, 15) is 19.5 Å². The van der Waals surface area contributed by atoms with Crippen LogP contribution in [0.1, 0.15) is 27.9 Å². The summed E-state index contributed by atoms with van der Waals surface area (Å²) in [5.74, 6) is -1.34. The third kappa shape index (κ3) is 2.49. The van der Waals surface area contributed by atoms with E-state index >= 15 is 0 Å².